The van der Waals surface area contributed by atoms with Crippen LogP contribution in [-0.2, 0) is 0 Å². The third-order valence-corrected chi connectivity index (χ3v) is 2.49. The summed E-state index contributed by atoms with van der Waals surface area (Å²) in [6, 6.07) is 6.23. The maximum Gasteiger partial charge on any atom is 0.126 e. The van der Waals surface area contributed by atoms with E-state index in [2.05, 4.69) is 15.3 Å². The first-order chi connectivity index (χ1) is 8.70. The number of halogens is 1. The van der Waals surface area contributed by atoms with Crippen LogP contribution in [0.2, 0.25) is 0 Å². The molecule has 0 unspecified atom stereocenters. The van der Waals surface area contributed by atoms with E-state index in [0.29, 0.717) is 18.9 Å². The van der Waals surface area contributed by atoms with Crippen molar-refractivity contribution in [3.63, 3.8) is 0 Å². The first-order valence-corrected chi connectivity index (χ1v) is 5.74. The topological polar surface area (TPSA) is 63.8 Å². The predicted octanol–water partition coefficient (Wildman–Crippen LogP) is 1.96. The molecule has 0 atom stereocenters. The van der Waals surface area contributed by atoms with Gasteiger partial charge in [-0.15, -0.1) is 0 Å². The molecular weight excluding hydrogens is 231 g/mol. The fraction of sp³-hybridized carbons (Fsp3) is 0.231. The van der Waals surface area contributed by atoms with Crippen molar-refractivity contribution in [2.75, 3.05) is 18.4 Å². The monoisotopic (exact) mass is 246 g/mol. The van der Waals surface area contributed by atoms with E-state index in [1.165, 1.54) is 12.1 Å². The van der Waals surface area contributed by atoms with Gasteiger partial charge in [0.1, 0.15) is 11.6 Å². The summed E-state index contributed by atoms with van der Waals surface area (Å²) in [6.45, 7) is 2.98. The highest BCUT2D eigenvalue weighted by Gasteiger charge is 2.08. The second kappa shape index (κ2) is 5.55. The Labute approximate surface area is 105 Å². The van der Waals surface area contributed by atoms with E-state index >= 15 is 0 Å². The number of anilines is 1. The van der Waals surface area contributed by atoms with Crippen molar-refractivity contribution in [3.8, 4) is 11.3 Å². The summed E-state index contributed by atoms with van der Waals surface area (Å²) in [5, 5.41) is 3.16. The van der Waals surface area contributed by atoms with Gasteiger partial charge in [-0.05, 0) is 31.2 Å². The van der Waals surface area contributed by atoms with E-state index in [4.69, 9.17) is 5.73 Å². The number of hydrogen-bond acceptors (Lipinski definition) is 4. The molecule has 1 aromatic carbocycles. The van der Waals surface area contributed by atoms with Crippen molar-refractivity contribution in [2.24, 2.45) is 5.73 Å². The molecule has 0 saturated heterocycles. The van der Waals surface area contributed by atoms with Gasteiger partial charge in [0, 0.05) is 18.7 Å². The largest absolute Gasteiger partial charge is 0.381 e. The smallest absolute Gasteiger partial charge is 0.126 e. The van der Waals surface area contributed by atoms with Gasteiger partial charge in [-0.2, -0.15) is 0 Å². The van der Waals surface area contributed by atoms with Crippen molar-refractivity contribution in [2.45, 2.75) is 6.92 Å². The zero-order chi connectivity index (χ0) is 13.0. The molecule has 1 heterocycles. The van der Waals surface area contributed by atoms with E-state index in [1.54, 1.807) is 18.3 Å². The van der Waals surface area contributed by atoms with Gasteiger partial charge in [0.2, 0.25) is 0 Å². The molecule has 5 heteroatoms. The van der Waals surface area contributed by atoms with Crippen LogP contribution < -0.4 is 11.1 Å². The summed E-state index contributed by atoms with van der Waals surface area (Å²) < 4.78 is 12.9. The average molecular weight is 246 g/mol. The number of hydrogen-bond donors (Lipinski definition) is 2. The first kappa shape index (κ1) is 12.4. The van der Waals surface area contributed by atoms with Gasteiger partial charge in [0.25, 0.3) is 0 Å². The third-order valence-electron chi connectivity index (χ3n) is 2.49. The number of nitrogens with two attached hydrogens (primary N) is 1. The Kier molecular flexibility index (Phi) is 3.84. The Morgan fingerprint density at radius 2 is 2.00 bits per heavy atom. The minimum atomic E-state index is -0.263. The Bertz CT molecular complexity index is 525. The molecule has 0 aliphatic heterocycles. The summed E-state index contributed by atoms with van der Waals surface area (Å²) in [4.78, 5) is 8.54. The molecule has 4 nitrogen and oxygen atoms in total. The molecule has 0 bridgehead atoms. The van der Waals surface area contributed by atoms with Gasteiger partial charge in [0.05, 0.1) is 17.6 Å². The quantitative estimate of drug-likeness (QED) is 0.865. The Balaban J connectivity index is 2.40. The van der Waals surface area contributed by atoms with Crippen molar-refractivity contribution in [1.29, 1.82) is 0 Å². The molecule has 0 fully saturated rings. The fourth-order valence-corrected chi connectivity index (χ4v) is 1.63. The zero-order valence-corrected chi connectivity index (χ0v) is 10.2. The van der Waals surface area contributed by atoms with Gasteiger partial charge < -0.3 is 11.1 Å². The molecule has 3 N–H and O–H groups in total. The van der Waals surface area contributed by atoms with Crippen LogP contribution in [0.25, 0.3) is 11.3 Å². The number of aryl methyl sites for hydroxylation is 1. The normalized spacial score (nSPS) is 10.4. The number of nitrogens with zero attached hydrogens (tertiary/aromatic N) is 2. The van der Waals surface area contributed by atoms with E-state index in [0.717, 1.165) is 16.9 Å². The number of aromatic nitrogens is 2. The molecule has 0 aliphatic carbocycles. The second-order valence-corrected chi connectivity index (χ2v) is 3.90. The van der Waals surface area contributed by atoms with Gasteiger partial charge >= 0.3 is 0 Å². The van der Waals surface area contributed by atoms with Crippen LogP contribution >= 0.6 is 0 Å². The predicted molar refractivity (Wildman–Crippen MR) is 69.7 cm³/mol. The van der Waals surface area contributed by atoms with E-state index in [1.807, 2.05) is 6.92 Å². The van der Waals surface area contributed by atoms with Crippen LogP contribution in [0.5, 0.6) is 0 Å². The minimum Gasteiger partial charge on any atom is -0.381 e. The van der Waals surface area contributed by atoms with Crippen LogP contribution in [0, 0.1) is 12.7 Å². The van der Waals surface area contributed by atoms with Gasteiger partial charge in [0.15, 0.2) is 0 Å². The van der Waals surface area contributed by atoms with Crippen LogP contribution in [-0.4, -0.2) is 23.1 Å². The van der Waals surface area contributed by atoms with Crippen molar-refractivity contribution in [3.05, 3.63) is 42.1 Å². The number of benzene rings is 1. The van der Waals surface area contributed by atoms with Crippen LogP contribution in [0.3, 0.4) is 0 Å². The summed E-state index contributed by atoms with van der Waals surface area (Å²) in [7, 11) is 0. The lowest BCUT2D eigenvalue weighted by atomic mass is 10.1. The summed E-state index contributed by atoms with van der Waals surface area (Å²) in [6.07, 6.45) is 1.72. The van der Waals surface area contributed by atoms with Gasteiger partial charge in [-0.25, -0.2) is 14.4 Å². The molecule has 0 aliphatic rings. The zero-order valence-electron chi connectivity index (χ0n) is 10.2. The standard InChI is InChI=1S/C13H15FN4/c1-9-17-8-12(16-7-6-15)13(18-9)10-2-4-11(14)5-3-10/h2-5,8,16H,6-7,15H2,1H3. The molecule has 0 saturated carbocycles. The third kappa shape index (κ3) is 2.81. The lowest BCUT2D eigenvalue weighted by Gasteiger charge is -2.10. The lowest BCUT2D eigenvalue weighted by molar-refractivity contribution is 0.628. The maximum absolute atomic E-state index is 12.9. The molecule has 0 spiro atoms. The van der Waals surface area contributed by atoms with E-state index in [9.17, 15) is 4.39 Å². The molecule has 2 rings (SSSR count). The number of rotatable bonds is 4. The summed E-state index contributed by atoms with van der Waals surface area (Å²) in [5.74, 6) is 0.411. The van der Waals surface area contributed by atoms with Crippen LogP contribution in [0.1, 0.15) is 5.82 Å². The lowest BCUT2D eigenvalue weighted by Crippen LogP contribution is -2.14. The average Bonchev–Trinajstić information content (AvgIpc) is 2.38. The summed E-state index contributed by atoms with van der Waals surface area (Å²) >= 11 is 0. The van der Waals surface area contributed by atoms with Crippen molar-refractivity contribution >= 4 is 5.69 Å². The highest BCUT2D eigenvalue weighted by molar-refractivity contribution is 5.73. The Hall–Kier alpha value is -2.01. The van der Waals surface area contributed by atoms with Crippen molar-refractivity contribution in [1.82, 2.24) is 9.97 Å². The molecule has 0 amide bonds. The fourth-order valence-electron chi connectivity index (χ4n) is 1.63. The maximum atomic E-state index is 12.9. The molecule has 2 aromatic rings. The van der Waals surface area contributed by atoms with E-state index < -0.39 is 0 Å². The molecule has 0 radical (unpaired) electrons. The summed E-state index contributed by atoms with van der Waals surface area (Å²) in [5.41, 5.74) is 7.87. The molecule has 18 heavy (non-hydrogen) atoms. The van der Waals surface area contributed by atoms with Gasteiger partial charge in [-0.1, -0.05) is 0 Å². The highest BCUT2D eigenvalue weighted by atomic mass is 19.1. The first-order valence-electron chi connectivity index (χ1n) is 5.74. The Morgan fingerprint density at radius 1 is 1.28 bits per heavy atom. The molecular formula is C13H15FN4. The molecule has 94 valence electrons. The van der Waals surface area contributed by atoms with Crippen molar-refractivity contribution < 1.29 is 4.39 Å². The minimum absolute atomic E-state index is 0.263. The highest BCUT2D eigenvalue weighted by Crippen LogP contribution is 2.25. The van der Waals surface area contributed by atoms with Gasteiger partial charge in [-0.3, -0.25) is 0 Å². The molecule has 1 aromatic heterocycles. The second-order valence-electron chi connectivity index (χ2n) is 3.90. The number of nitrogens with one attached hydrogen (secondary N) is 1. The Morgan fingerprint density at radius 3 is 2.67 bits per heavy atom. The van der Waals surface area contributed by atoms with Crippen LogP contribution in [0.15, 0.2) is 30.5 Å². The van der Waals surface area contributed by atoms with E-state index in [-0.39, 0.29) is 5.82 Å². The van der Waals surface area contributed by atoms with Crippen LogP contribution in [0.4, 0.5) is 10.1 Å². The SMILES string of the molecule is Cc1ncc(NCCN)c(-c2ccc(F)cc2)n1.